The van der Waals surface area contributed by atoms with Crippen molar-refractivity contribution in [3.63, 3.8) is 0 Å². The highest BCUT2D eigenvalue weighted by atomic mass is 79.9. The topological polar surface area (TPSA) is 36.1 Å². The van der Waals surface area contributed by atoms with E-state index in [2.05, 4.69) is 58.2 Å². The second-order valence-electron chi connectivity index (χ2n) is 5.68. The minimum atomic E-state index is 0.250. The van der Waals surface area contributed by atoms with Crippen molar-refractivity contribution in [3.8, 4) is 0 Å². The average molecular weight is 347 g/mol. The molecule has 2 heterocycles. The number of rotatable bonds is 3. The molecule has 0 aliphatic carbocycles. The van der Waals surface area contributed by atoms with Crippen molar-refractivity contribution in [1.29, 1.82) is 0 Å². The number of nitrogens with one attached hydrogen (secondary N) is 1. The van der Waals surface area contributed by atoms with Gasteiger partial charge in [0.25, 0.3) is 0 Å². The van der Waals surface area contributed by atoms with E-state index in [0.717, 1.165) is 30.5 Å². The SMILES string of the molecule is Cc1cccc(CCC(=O)N2CCc3[nH]c(Br)cc3C2)c1. The molecule has 21 heavy (non-hydrogen) atoms. The summed E-state index contributed by atoms with van der Waals surface area (Å²) in [6.45, 7) is 3.62. The molecule has 0 atom stereocenters. The fraction of sp³-hybridized carbons (Fsp3) is 0.353. The van der Waals surface area contributed by atoms with Crippen LogP contribution in [0.15, 0.2) is 34.9 Å². The van der Waals surface area contributed by atoms with E-state index >= 15 is 0 Å². The molecule has 0 bridgehead atoms. The second kappa shape index (κ2) is 6.06. The van der Waals surface area contributed by atoms with E-state index in [1.165, 1.54) is 22.4 Å². The number of fused-ring (bicyclic) bond motifs is 1. The van der Waals surface area contributed by atoms with Crippen LogP contribution in [0, 0.1) is 6.92 Å². The Balaban J connectivity index is 1.59. The first-order valence-corrected chi connectivity index (χ1v) is 8.11. The Kier molecular flexibility index (Phi) is 4.15. The van der Waals surface area contributed by atoms with E-state index < -0.39 is 0 Å². The van der Waals surface area contributed by atoms with Crippen LogP contribution in [0.3, 0.4) is 0 Å². The van der Waals surface area contributed by atoms with E-state index in [9.17, 15) is 4.79 Å². The zero-order chi connectivity index (χ0) is 14.8. The Morgan fingerprint density at radius 2 is 2.24 bits per heavy atom. The van der Waals surface area contributed by atoms with Crippen molar-refractivity contribution < 1.29 is 4.79 Å². The number of halogens is 1. The van der Waals surface area contributed by atoms with Crippen LogP contribution >= 0.6 is 15.9 Å². The highest BCUT2D eigenvalue weighted by Gasteiger charge is 2.21. The molecule has 1 amide bonds. The van der Waals surface area contributed by atoms with Gasteiger partial charge in [0.15, 0.2) is 0 Å². The van der Waals surface area contributed by atoms with E-state index in [1.54, 1.807) is 0 Å². The van der Waals surface area contributed by atoms with Gasteiger partial charge in [0.2, 0.25) is 5.91 Å². The third kappa shape index (κ3) is 3.38. The maximum absolute atomic E-state index is 12.4. The van der Waals surface area contributed by atoms with Crippen molar-refractivity contribution in [3.05, 3.63) is 57.3 Å². The number of aromatic amines is 1. The molecule has 0 saturated heterocycles. The molecule has 0 unspecified atom stereocenters. The summed E-state index contributed by atoms with van der Waals surface area (Å²) < 4.78 is 1.00. The standard InChI is InChI=1S/C17H19BrN2O/c1-12-3-2-4-13(9-12)5-6-17(21)20-8-7-15-14(11-20)10-16(18)19-15/h2-4,9-10,19H,5-8,11H2,1H3. The number of nitrogens with zero attached hydrogens (tertiary/aromatic N) is 1. The summed E-state index contributed by atoms with van der Waals surface area (Å²) in [7, 11) is 0. The smallest absolute Gasteiger partial charge is 0.223 e. The van der Waals surface area contributed by atoms with Crippen molar-refractivity contribution in [1.82, 2.24) is 9.88 Å². The number of hydrogen-bond acceptors (Lipinski definition) is 1. The minimum absolute atomic E-state index is 0.250. The summed E-state index contributed by atoms with van der Waals surface area (Å²) in [5.41, 5.74) is 4.98. The number of aromatic nitrogens is 1. The Morgan fingerprint density at radius 1 is 1.38 bits per heavy atom. The molecule has 110 valence electrons. The molecule has 3 rings (SSSR count). The van der Waals surface area contributed by atoms with Gasteiger partial charge in [0, 0.05) is 31.6 Å². The lowest BCUT2D eigenvalue weighted by Crippen LogP contribution is -2.35. The van der Waals surface area contributed by atoms with Gasteiger partial charge in [-0.3, -0.25) is 4.79 Å². The lowest BCUT2D eigenvalue weighted by molar-refractivity contribution is -0.132. The van der Waals surface area contributed by atoms with Gasteiger partial charge in [-0.2, -0.15) is 0 Å². The van der Waals surface area contributed by atoms with Crippen LogP contribution in [0.25, 0.3) is 0 Å². The number of carbonyl (C=O) groups excluding carboxylic acids is 1. The predicted octanol–water partition coefficient (Wildman–Crippen LogP) is 3.60. The Bertz CT molecular complexity index is 663. The van der Waals surface area contributed by atoms with E-state index in [4.69, 9.17) is 0 Å². The van der Waals surface area contributed by atoms with Crippen LogP contribution in [-0.4, -0.2) is 22.3 Å². The molecular weight excluding hydrogens is 328 g/mol. The molecular formula is C17H19BrN2O. The quantitative estimate of drug-likeness (QED) is 0.905. The number of amides is 1. The minimum Gasteiger partial charge on any atom is -0.353 e. The largest absolute Gasteiger partial charge is 0.353 e. The molecule has 1 aromatic carbocycles. The fourth-order valence-electron chi connectivity index (χ4n) is 2.89. The van der Waals surface area contributed by atoms with Gasteiger partial charge in [-0.1, -0.05) is 29.8 Å². The first-order chi connectivity index (χ1) is 10.1. The zero-order valence-corrected chi connectivity index (χ0v) is 13.7. The van der Waals surface area contributed by atoms with E-state index in [1.807, 2.05) is 4.90 Å². The molecule has 1 aliphatic heterocycles. The summed E-state index contributed by atoms with van der Waals surface area (Å²) in [6, 6.07) is 10.5. The van der Waals surface area contributed by atoms with Crippen LogP contribution < -0.4 is 0 Å². The van der Waals surface area contributed by atoms with Crippen molar-refractivity contribution in [2.75, 3.05) is 6.54 Å². The lowest BCUT2D eigenvalue weighted by atomic mass is 10.0. The zero-order valence-electron chi connectivity index (χ0n) is 12.2. The first-order valence-electron chi connectivity index (χ1n) is 7.31. The maximum Gasteiger partial charge on any atom is 0.223 e. The average Bonchev–Trinajstić information content (AvgIpc) is 2.84. The summed E-state index contributed by atoms with van der Waals surface area (Å²) in [5.74, 6) is 0.250. The summed E-state index contributed by atoms with van der Waals surface area (Å²) in [6.07, 6.45) is 2.32. The number of benzene rings is 1. The summed E-state index contributed by atoms with van der Waals surface area (Å²) in [4.78, 5) is 17.6. The number of carbonyl (C=O) groups is 1. The predicted molar refractivity (Wildman–Crippen MR) is 87.1 cm³/mol. The highest BCUT2D eigenvalue weighted by Crippen LogP contribution is 2.23. The molecule has 0 fully saturated rings. The maximum atomic E-state index is 12.4. The molecule has 2 aromatic rings. The molecule has 0 saturated carbocycles. The molecule has 3 nitrogen and oxygen atoms in total. The summed E-state index contributed by atoms with van der Waals surface area (Å²) in [5, 5.41) is 0. The second-order valence-corrected chi connectivity index (χ2v) is 6.53. The van der Waals surface area contributed by atoms with Crippen molar-refractivity contribution >= 4 is 21.8 Å². The van der Waals surface area contributed by atoms with Gasteiger partial charge < -0.3 is 9.88 Å². The molecule has 0 radical (unpaired) electrons. The number of H-pyrrole nitrogens is 1. The first kappa shape index (κ1) is 14.4. The van der Waals surface area contributed by atoms with Gasteiger partial charge in [0.05, 0.1) is 4.60 Å². The van der Waals surface area contributed by atoms with Gasteiger partial charge in [-0.15, -0.1) is 0 Å². The molecule has 4 heteroatoms. The van der Waals surface area contributed by atoms with Crippen LogP contribution in [0.2, 0.25) is 0 Å². The van der Waals surface area contributed by atoms with Crippen LogP contribution in [0.5, 0.6) is 0 Å². The van der Waals surface area contributed by atoms with Gasteiger partial charge in [-0.25, -0.2) is 0 Å². The van der Waals surface area contributed by atoms with Gasteiger partial charge >= 0.3 is 0 Å². The van der Waals surface area contributed by atoms with E-state index in [-0.39, 0.29) is 5.91 Å². The fourth-order valence-corrected chi connectivity index (χ4v) is 3.40. The number of hydrogen-bond donors (Lipinski definition) is 1. The van der Waals surface area contributed by atoms with Crippen LogP contribution in [-0.2, 0) is 24.2 Å². The molecule has 1 aromatic heterocycles. The van der Waals surface area contributed by atoms with Crippen LogP contribution in [0.4, 0.5) is 0 Å². The van der Waals surface area contributed by atoms with Crippen LogP contribution in [0.1, 0.15) is 28.8 Å². The normalized spacial score (nSPS) is 14.1. The third-order valence-electron chi connectivity index (χ3n) is 4.01. The Morgan fingerprint density at radius 3 is 3.05 bits per heavy atom. The van der Waals surface area contributed by atoms with Gasteiger partial charge in [0.1, 0.15) is 0 Å². The van der Waals surface area contributed by atoms with Crippen molar-refractivity contribution in [2.24, 2.45) is 0 Å². The molecule has 1 aliphatic rings. The monoisotopic (exact) mass is 346 g/mol. The lowest BCUT2D eigenvalue weighted by Gasteiger charge is -2.27. The number of aryl methyl sites for hydroxylation is 2. The third-order valence-corrected chi connectivity index (χ3v) is 4.44. The highest BCUT2D eigenvalue weighted by molar-refractivity contribution is 9.10. The van der Waals surface area contributed by atoms with Gasteiger partial charge in [-0.05, 0) is 46.5 Å². The summed E-state index contributed by atoms with van der Waals surface area (Å²) >= 11 is 3.46. The van der Waals surface area contributed by atoms with Crippen molar-refractivity contribution in [2.45, 2.75) is 32.7 Å². The molecule has 0 spiro atoms. The Labute approximate surface area is 133 Å². The molecule has 1 N–H and O–H groups in total. The Hall–Kier alpha value is -1.55. The van der Waals surface area contributed by atoms with E-state index in [0.29, 0.717) is 6.42 Å².